The summed E-state index contributed by atoms with van der Waals surface area (Å²) in [5.41, 5.74) is 1.33. The van der Waals surface area contributed by atoms with Crippen LogP contribution in [0.1, 0.15) is 28.4 Å². The van der Waals surface area contributed by atoms with Crippen molar-refractivity contribution in [3.63, 3.8) is 0 Å². The average Bonchev–Trinajstić information content (AvgIpc) is 2.79. The quantitative estimate of drug-likeness (QED) is 0.599. The number of hydrogen-bond donors (Lipinski definition) is 1. The van der Waals surface area contributed by atoms with Gasteiger partial charge in [0.25, 0.3) is 5.91 Å². The van der Waals surface area contributed by atoms with E-state index in [0.29, 0.717) is 18.6 Å². The maximum atomic E-state index is 13.0. The molecule has 31 heavy (non-hydrogen) atoms. The Hall–Kier alpha value is -2.46. The van der Waals surface area contributed by atoms with E-state index < -0.39 is 10.0 Å². The maximum absolute atomic E-state index is 13.0. The van der Waals surface area contributed by atoms with Crippen molar-refractivity contribution < 1.29 is 27.4 Å². The molecular weight excluding hydrogens is 420 g/mol. The number of nitrogens with one attached hydrogen (secondary N) is 1. The van der Waals surface area contributed by atoms with Crippen molar-refractivity contribution in [2.24, 2.45) is 0 Å². The summed E-state index contributed by atoms with van der Waals surface area (Å²) in [5, 5.41) is 3.02. The fraction of sp³-hybridized carbons (Fsp3) is 0.409. The van der Waals surface area contributed by atoms with E-state index in [1.165, 1.54) is 42.8 Å². The van der Waals surface area contributed by atoms with Crippen LogP contribution in [0.2, 0.25) is 0 Å². The van der Waals surface area contributed by atoms with Gasteiger partial charge in [-0.1, -0.05) is 18.2 Å². The van der Waals surface area contributed by atoms with E-state index in [1.54, 1.807) is 0 Å². The van der Waals surface area contributed by atoms with Gasteiger partial charge in [0.05, 0.1) is 30.8 Å². The molecule has 1 atom stereocenters. The van der Waals surface area contributed by atoms with Gasteiger partial charge in [0.15, 0.2) is 0 Å². The van der Waals surface area contributed by atoms with Gasteiger partial charge in [-0.15, -0.1) is 0 Å². The summed E-state index contributed by atoms with van der Waals surface area (Å²) in [6, 6.07) is 13.4. The first-order valence-corrected chi connectivity index (χ1v) is 11.5. The van der Waals surface area contributed by atoms with Gasteiger partial charge in [-0.25, -0.2) is 8.42 Å². The van der Waals surface area contributed by atoms with Crippen molar-refractivity contribution >= 4 is 15.9 Å². The molecule has 1 aliphatic heterocycles. The number of nitrogens with zero attached hydrogens (tertiary/aromatic N) is 1. The van der Waals surface area contributed by atoms with Gasteiger partial charge in [0.1, 0.15) is 5.75 Å². The molecule has 9 heteroatoms. The van der Waals surface area contributed by atoms with Crippen LogP contribution in [0.4, 0.5) is 0 Å². The lowest BCUT2D eigenvalue weighted by Crippen LogP contribution is -2.36. The number of rotatable bonds is 10. The molecule has 3 rings (SSSR count). The fourth-order valence-electron chi connectivity index (χ4n) is 3.40. The minimum atomic E-state index is -3.73. The number of amides is 1. The highest BCUT2D eigenvalue weighted by atomic mass is 32.2. The summed E-state index contributed by atoms with van der Waals surface area (Å²) in [6.45, 7) is 1.51. The van der Waals surface area contributed by atoms with Gasteiger partial charge in [0, 0.05) is 44.9 Å². The minimum Gasteiger partial charge on any atom is -0.493 e. The second kappa shape index (κ2) is 10.7. The minimum absolute atomic E-state index is 0.118. The van der Waals surface area contributed by atoms with Crippen LogP contribution in [0.3, 0.4) is 0 Å². The monoisotopic (exact) mass is 448 g/mol. The van der Waals surface area contributed by atoms with Crippen LogP contribution in [0, 0.1) is 0 Å². The Bertz CT molecular complexity index is 970. The molecule has 1 amide bonds. The van der Waals surface area contributed by atoms with E-state index >= 15 is 0 Å². The molecule has 1 heterocycles. The Kier molecular flexibility index (Phi) is 8.03. The number of methoxy groups -OCH3 is 2. The molecule has 1 aliphatic rings. The molecule has 168 valence electrons. The lowest BCUT2D eigenvalue weighted by Gasteiger charge is -2.26. The molecule has 2 aromatic rings. The summed E-state index contributed by atoms with van der Waals surface area (Å²) in [6.07, 6.45) is 0.670. The molecule has 0 aliphatic carbocycles. The van der Waals surface area contributed by atoms with E-state index in [0.717, 1.165) is 11.3 Å². The van der Waals surface area contributed by atoms with E-state index in [2.05, 4.69) is 5.32 Å². The van der Waals surface area contributed by atoms with E-state index in [4.69, 9.17) is 14.2 Å². The molecule has 0 bridgehead atoms. The molecule has 0 fully saturated rings. The first-order chi connectivity index (χ1) is 15.0. The number of para-hydroxylation sites is 1. The third kappa shape index (κ3) is 5.62. The van der Waals surface area contributed by atoms with Gasteiger partial charge in [-0.3, -0.25) is 4.79 Å². The van der Waals surface area contributed by atoms with E-state index in [1.807, 2.05) is 24.3 Å². The van der Waals surface area contributed by atoms with Gasteiger partial charge >= 0.3 is 0 Å². The number of carbonyl (C=O) groups is 1. The van der Waals surface area contributed by atoms with Crippen molar-refractivity contribution in [2.75, 3.05) is 47.1 Å². The van der Waals surface area contributed by atoms with Crippen molar-refractivity contribution in [3.8, 4) is 5.75 Å². The lowest BCUT2D eigenvalue weighted by atomic mass is 10.00. The van der Waals surface area contributed by atoms with E-state index in [-0.39, 0.29) is 43.1 Å². The zero-order chi connectivity index (χ0) is 22.3. The summed E-state index contributed by atoms with van der Waals surface area (Å²) in [4.78, 5) is 12.9. The zero-order valence-corrected chi connectivity index (χ0v) is 18.6. The van der Waals surface area contributed by atoms with Crippen LogP contribution in [0.25, 0.3) is 0 Å². The van der Waals surface area contributed by atoms with Crippen molar-refractivity contribution in [1.82, 2.24) is 9.62 Å². The molecule has 0 radical (unpaired) electrons. The lowest BCUT2D eigenvalue weighted by molar-refractivity contribution is 0.0924. The van der Waals surface area contributed by atoms with Gasteiger partial charge < -0.3 is 19.5 Å². The van der Waals surface area contributed by atoms with Gasteiger partial charge in [-0.2, -0.15) is 4.31 Å². The van der Waals surface area contributed by atoms with Crippen molar-refractivity contribution in [2.45, 2.75) is 17.4 Å². The van der Waals surface area contributed by atoms with Crippen molar-refractivity contribution in [3.05, 3.63) is 59.7 Å². The SMILES string of the molecule is COCCN(CCOC)S(=O)(=O)c1ccc(C(=O)N[C@@H]2CCOc3ccccc32)cc1. The maximum Gasteiger partial charge on any atom is 0.251 e. The third-order valence-corrected chi connectivity index (χ3v) is 7.02. The zero-order valence-electron chi connectivity index (χ0n) is 17.7. The van der Waals surface area contributed by atoms with Crippen molar-refractivity contribution in [1.29, 1.82) is 0 Å². The molecule has 0 aromatic heterocycles. The predicted octanol–water partition coefficient (Wildman–Crippen LogP) is 2.22. The predicted molar refractivity (Wildman–Crippen MR) is 116 cm³/mol. The van der Waals surface area contributed by atoms with E-state index in [9.17, 15) is 13.2 Å². The van der Waals surface area contributed by atoms with Crippen LogP contribution < -0.4 is 10.1 Å². The second-order valence-electron chi connectivity index (χ2n) is 7.12. The summed E-state index contributed by atoms with van der Waals surface area (Å²) in [7, 11) is -0.692. The Morgan fingerprint density at radius 3 is 2.35 bits per heavy atom. The van der Waals surface area contributed by atoms with Gasteiger partial charge in [-0.05, 0) is 30.3 Å². The Morgan fingerprint density at radius 2 is 1.71 bits per heavy atom. The number of benzene rings is 2. The number of fused-ring (bicyclic) bond motifs is 1. The highest BCUT2D eigenvalue weighted by Crippen LogP contribution is 2.31. The molecule has 0 unspecified atom stereocenters. The summed E-state index contributed by atoms with van der Waals surface area (Å²) < 4.78 is 42.9. The third-order valence-electron chi connectivity index (χ3n) is 5.11. The number of carbonyl (C=O) groups excluding carboxylic acids is 1. The van der Waals surface area contributed by atoms with Crippen LogP contribution in [0.5, 0.6) is 5.75 Å². The van der Waals surface area contributed by atoms with Crippen LogP contribution in [0.15, 0.2) is 53.4 Å². The fourth-order valence-corrected chi connectivity index (χ4v) is 4.81. The number of hydrogen-bond acceptors (Lipinski definition) is 6. The Labute approximate surface area is 183 Å². The highest BCUT2D eigenvalue weighted by Gasteiger charge is 2.26. The number of sulfonamides is 1. The molecule has 1 N–H and O–H groups in total. The molecule has 2 aromatic carbocycles. The molecule has 0 spiro atoms. The Morgan fingerprint density at radius 1 is 1.06 bits per heavy atom. The average molecular weight is 449 g/mol. The Balaban J connectivity index is 1.72. The highest BCUT2D eigenvalue weighted by molar-refractivity contribution is 7.89. The van der Waals surface area contributed by atoms with Gasteiger partial charge in [0.2, 0.25) is 10.0 Å². The molecule has 0 saturated heterocycles. The first kappa shape index (κ1) is 23.2. The molecule has 8 nitrogen and oxygen atoms in total. The normalized spacial score (nSPS) is 15.9. The first-order valence-electron chi connectivity index (χ1n) is 10.1. The standard InChI is InChI=1S/C22H28N2O6S/c1-28-15-12-24(13-16-29-2)31(26,27)18-9-7-17(8-10-18)22(25)23-20-11-14-30-21-6-4-3-5-19(20)21/h3-10,20H,11-16H2,1-2H3,(H,23,25)/t20-/m1/s1. The summed E-state index contributed by atoms with van der Waals surface area (Å²) in [5.74, 6) is 0.508. The smallest absolute Gasteiger partial charge is 0.251 e. The van der Waals surface area contributed by atoms with Crippen LogP contribution in [-0.2, 0) is 19.5 Å². The number of ether oxygens (including phenoxy) is 3. The summed E-state index contributed by atoms with van der Waals surface area (Å²) >= 11 is 0. The molecular formula is C22H28N2O6S. The topological polar surface area (TPSA) is 94.2 Å². The largest absolute Gasteiger partial charge is 0.493 e. The van der Waals surface area contributed by atoms with Crippen LogP contribution in [-0.4, -0.2) is 65.8 Å². The van der Waals surface area contributed by atoms with Crippen LogP contribution >= 0.6 is 0 Å². The molecule has 0 saturated carbocycles. The second-order valence-corrected chi connectivity index (χ2v) is 9.05.